The molecular formula is C17H24F2N2. The van der Waals surface area contributed by atoms with Gasteiger partial charge >= 0.3 is 0 Å². The van der Waals surface area contributed by atoms with E-state index in [1.54, 1.807) is 0 Å². The maximum absolute atomic E-state index is 14.4. The van der Waals surface area contributed by atoms with Gasteiger partial charge in [0.1, 0.15) is 17.3 Å². The summed E-state index contributed by atoms with van der Waals surface area (Å²) in [6.07, 6.45) is 6.48. The van der Waals surface area contributed by atoms with Crippen molar-refractivity contribution in [2.24, 2.45) is 0 Å². The molecule has 0 radical (unpaired) electrons. The summed E-state index contributed by atoms with van der Waals surface area (Å²) in [5.41, 5.74) is 0.877. The third-order valence-electron chi connectivity index (χ3n) is 4.63. The van der Waals surface area contributed by atoms with Gasteiger partial charge in [0.25, 0.3) is 0 Å². The minimum Gasteiger partial charge on any atom is -0.364 e. The summed E-state index contributed by atoms with van der Waals surface area (Å²) in [5, 5.41) is 3.30. The Hall–Kier alpha value is -1.16. The van der Waals surface area contributed by atoms with E-state index < -0.39 is 11.6 Å². The first-order valence-corrected chi connectivity index (χ1v) is 8.17. The van der Waals surface area contributed by atoms with E-state index in [2.05, 4.69) is 12.2 Å². The molecule has 1 aliphatic carbocycles. The summed E-state index contributed by atoms with van der Waals surface area (Å²) < 4.78 is 28.9. The predicted molar refractivity (Wildman–Crippen MR) is 81.5 cm³/mol. The number of hydrogen-bond acceptors (Lipinski definition) is 2. The predicted octanol–water partition coefficient (Wildman–Crippen LogP) is 3.99. The lowest BCUT2D eigenvalue weighted by Gasteiger charge is -2.37. The fraction of sp³-hybridized carbons (Fsp3) is 0.647. The van der Waals surface area contributed by atoms with Crippen molar-refractivity contribution in [2.45, 2.75) is 64.1 Å². The average molecular weight is 294 g/mol. The Bertz CT molecular complexity index is 477. The number of nitrogens with one attached hydrogen (secondary N) is 1. The molecule has 1 atom stereocenters. The van der Waals surface area contributed by atoms with Gasteiger partial charge in [0.15, 0.2) is 0 Å². The van der Waals surface area contributed by atoms with E-state index in [9.17, 15) is 8.78 Å². The highest BCUT2D eigenvalue weighted by atomic mass is 19.1. The summed E-state index contributed by atoms with van der Waals surface area (Å²) >= 11 is 0. The number of anilines is 1. The second kappa shape index (κ2) is 6.30. The van der Waals surface area contributed by atoms with Crippen molar-refractivity contribution in [2.75, 3.05) is 11.4 Å². The molecule has 1 saturated carbocycles. The van der Waals surface area contributed by atoms with Gasteiger partial charge in [-0.05, 0) is 56.2 Å². The molecule has 0 bridgehead atoms. The van der Waals surface area contributed by atoms with Crippen LogP contribution < -0.4 is 10.2 Å². The molecule has 1 aromatic carbocycles. The van der Waals surface area contributed by atoms with Gasteiger partial charge in [0, 0.05) is 25.2 Å². The zero-order chi connectivity index (χ0) is 14.8. The Morgan fingerprint density at radius 2 is 1.86 bits per heavy atom. The molecule has 1 saturated heterocycles. The van der Waals surface area contributed by atoms with Gasteiger partial charge in [-0.25, -0.2) is 8.78 Å². The standard InChI is InChI=1S/C17H24F2N2/c1-2-14-5-3-4-8-21(14)17-15(18)9-12(10-16(17)19)11-20-13-6-7-13/h9-10,13-14,20H,2-8,11H2,1H3. The molecule has 2 aliphatic rings. The van der Waals surface area contributed by atoms with Gasteiger partial charge in [-0.1, -0.05) is 6.92 Å². The van der Waals surface area contributed by atoms with Crippen molar-refractivity contribution in [1.82, 2.24) is 5.32 Å². The van der Waals surface area contributed by atoms with Crippen LogP contribution in [-0.2, 0) is 6.54 Å². The van der Waals surface area contributed by atoms with E-state index in [-0.39, 0.29) is 11.7 Å². The fourth-order valence-electron chi connectivity index (χ4n) is 3.26. The highest BCUT2D eigenvalue weighted by Gasteiger charge is 2.27. The Morgan fingerprint density at radius 3 is 2.48 bits per heavy atom. The number of benzene rings is 1. The van der Waals surface area contributed by atoms with Crippen LogP contribution in [0.5, 0.6) is 0 Å². The van der Waals surface area contributed by atoms with Crippen LogP contribution in [0.15, 0.2) is 12.1 Å². The molecular weight excluding hydrogens is 270 g/mol. The van der Waals surface area contributed by atoms with E-state index in [0.29, 0.717) is 18.2 Å². The highest BCUT2D eigenvalue weighted by molar-refractivity contribution is 5.52. The first kappa shape index (κ1) is 14.8. The Kier molecular flexibility index (Phi) is 4.43. The van der Waals surface area contributed by atoms with Crippen LogP contribution in [0.3, 0.4) is 0 Å². The van der Waals surface area contributed by atoms with Gasteiger partial charge in [-0.15, -0.1) is 0 Å². The van der Waals surface area contributed by atoms with Gasteiger partial charge in [0.2, 0.25) is 0 Å². The molecule has 0 amide bonds. The Morgan fingerprint density at radius 1 is 1.14 bits per heavy atom. The zero-order valence-electron chi connectivity index (χ0n) is 12.7. The quantitative estimate of drug-likeness (QED) is 0.883. The summed E-state index contributed by atoms with van der Waals surface area (Å²) in [6, 6.07) is 3.80. The van der Waals surface area contributed by atoms with Crippen LogP contribution in [-0.4, -0.2) is 18.6 Å². The van der Waals surface area contributed by atoms with Crippen molar-refractivity contribution in [3.05, 3.63) is 29.3 Å². The van der Waals surface area contributed by atoms with Crippen LogP contribution in [0.25, 0.3) is 0 Å². The number of hydrogen-bond donors (Lipinski definition) is 1. The molecule has 1 aromatic rings. The molecule has 1 unspecified atom stereocenters. The second-order valence-electron chi connectivity index (χ2n) is 6.31. The molecule has 2 fully saturated rings. The van der Waals surface area contributed by atoms with E-state index in [0.717, 1.165) is 32.2 Å². The lowest BCUT2D eigenvalue weighted by Crippen LogP contribution is -2.40. The zero-order valence-corrected chi connectivity index (χ0v) is 12.7. The maximum Gasteiger partial charge on any atom is 0.149 e. The Labute approximate surface area is 125 Å². The van der Waals surface area contributed by atoms with Crippen molar-refractivity contribution in [1.29, 1.82) is 0 Å². The normalized spacial score (nSPS) is 22.6. The molecule has 116 valence electrons. The van der Waals surface area contributed by atoms with Crippen molar-refractivity contribution in [3.8, 4) is 0 Å². The number of rotatable bonds is 5. The Balaban J connectivity index is 1.80. The number of halogens is 2. The molecule has 4 heteroatoms. The van der Waals surface area contributed by atoms with Crippen LogP contribution in [0.1, 0.15) is 51.0 Å². The van der Waals surface area contributed by atoms with Gasteiger partial charge in [-0.2, -0.15) is 0 Å². The maximum atomic E-state index is 14.4. The van der Waals surface area contributed by atoms with Crippen LogP contribution in [0.2, 0.25) is 0 Å². The molecule has 1 N–H and O–H groups in total. The molecule has 0 aromatic heterocycles. The van der Waals surface area contributed by atoms with Crippen molar-refractivity contribution >= 4 is 5.69 Å². The second-order valence-corrected chi connectivity index (χ2v) is 6.31. The topological polar surface area (TPSA) is 15.3 Å². The van der Waals surface area contributed by atoms with Gasteiger partial charge < -0.3 is 10.2 Å². The van der Waals surface area contributed by atoms with Crippen molar-refractivity contribution in [3.63, 3.8) is 0 Å². The molecule has 21 heavy (non-hydrogen) atoms. The summed E-state index contributed by atoms with van der Waals surface area (Å²) in [5.74, 6) is -0.828. The lowest BCUT2D eigenvalue weighted by atomic mass is 9.98. The van der Waals surface area contributed by atoms with Crippen LogP contribution in [0, 0.1) is 11.6 Å². The number of piperidine rings is 1. The summed E-state index contributed by atoms with van der Waals surface area (Å²) in [6.45, 7) is 3.40. The number of nitrogens with zero attached hydrogens (tertiary/aromatic N) is 1. The first-order valence-electron chi connectivity index (χ1n) is 8.17. The van der Waals surface area contributed by atoms with E-state index in [1.807, 2.05) is 4.90 Å². The highest BCUT2D eigenvalue weighted by Crippen LogP contribution is 2.32. The molecule has 1 aliphatic heterocycles. The SMILES string of the molecule is CCC1CCCCN1c1c(F)cc(CNC2CC2)cc1F. The average Bonchev–Trinajstić information content (AvgIpc) is 3.29. The van der Waals surface area contributed by atoms with E-state index in [1.165, 1.54) is 25.0 Å². The minimum absolute atomic E-state index is 0.178. The monoisotopic (exact) mass is 294 g/mol. The largest absolute Gasteiger partial charge is 0.364 e. The molecule has 0 spiro atoms. The third-order valence-corrected chi connectivity index (χ3v) is 4.63. The van der Waals surface area contributed by atoms with Gasteiger partial charge in [0.05, 0.1) is 0 Å². The van der Waals surface area contributed by atoms with E-state index >= 15 is 0 Å². The first-order chi connectivity index (χ1) is 10.2. The molecule has 1 heterocycles. The van der Waals surface area contributed by atoms with E-state index in [4.69, 9.17) is 0 Å². The third kappa shape index (κ3) is 3.37. The van der Waals surface area contributed by atoms with Crippen LogP contribution >= 0.6 is 0 Å². The molecule has 2 nitrogen and oxygen atoms in total. The minimum atomic E-state index is -0.414. The smallest absolute Gasteiger partial charge is 0.149 e. The lowest BCUT2D eigenvalue weighted by molar-refractivity contribution is 0.434. The molecule has 3 rings (SSSR count). The fourth-order valence-corrected chi connectivity index (χ4v) is 3.26. The summed E-state index contributed by atoms with van der Waals surface area (Å²) in [7, 11) is 0. The summed E-state index contributed by atoms with van der Waals surface area (Å²) in [4.78, 5) is 1.94. The van der Waals surface area contributed by atoms with Gasteiger partial charge in [-0.3, -0.25) is 0 Å². The van der Waals surface area contributed by atoms with Crippen molar-refractivity contribution < 1.29 is 8.78 Å². The van der Waals surface area contributed by atoms with Crippen LogP contribution in [0.4, 0.5) is 14.5 Å².